The molecule has 2 unspecified atom stereocenters. The van der Waals surface area contributed by atoms with Gasteiger partial charge in [-0.15, -0.1) is 0 Å². The van der Waals surface area contributed by atoms with Gasteiger partial charge >= 0.3 is 0 Å². The predicted octanol–water partition coefficient (Wildman–Crippen LogP) is 2.08. The first-order chi connectivity index (χ1) is 9.15. The van der Waals surface area contributed by atoms with Crippen LogP contribution in [0.5, 0.6) is 0 Å². The van der Waals surface area contributed by atoms with Crippen LogP contribution in [0.1, 0.15) is 25.3 Å². The van der Waals surface area contributed by atoms with Gasteiger partial charge in [0.1, 0.15) is 0 Å². The Kier molecular flexibility index (Phi) is 4.97. The first kappa shape index (κ1) is 14.1. The van der Waals surface area contributed by atoms with Gasteiger partial charge in [-0.1, -0.05) is 37.3 Å². The van der Waals surface area contributed by atoms with Gasteiger partial charge in [-0.05, 0) is 37.9 Å². The van der Waals surface area contributed by atoms with Gasteiger partial charge in [0.25, 0.3) is 0 Å². The monoisotopic (exact) mass is 260 g/mol. The topological polar surface area (TPSA) is 32.3 Å². The fourth-order valence-corrected chi connectivity index (χ4v) is 2.75. The Bertz CT molecular complexity index is 404. The molecule has 1 aromatic carbocycles. The van der Waals surface area contributed by atoms with Crippen LogP contribution in [0.3, 0.4) is 0 Å². The van der Waals surface area contributed by atoms with E-state index >= 15 is 0 Å². The van der Waals surface area contributed by atoms with Gasteiger partial charge < -0.3 is 10.2 Å². The molecule has 1 heterocycles. The molecule has 0 aliphatic carbocycles. The first-order valence-corrected chi connectivity index (χ1v) is 7.17. The summed E-state index contributed by atoms with van der Waals surface area (Å²) < 4.78 is 0. The van der Waals surface area contributed by atoms with Crippen molar-refractivity contribution in [3.63, 3.8) is 0 Å². The van der Waals surface area contributed by atoms with Crippen molar-refractivity contribution >= 4 is 5.91 Å². The number of piperidine rings is 1. The largest absolute Gasteiger partial charge is 0.353 e. The van der Waals surface area contributed by atoms with E-state index in [2.05, 4.69) is 36.3 Å². The van der Waals surface area contributed by atoms with Gasteiger partial charge in [-0.25, -0.2) is 0 Å². The van der Waals surface area contributed by atoms with Crippen molar-refractivity contribution < 1.29 is 4.79 Å². The second-order valence-corrected chi connectivity index (χ2v) is 5.69. The van der Waals surface area contributed by atoms with Gasteiger partial charge in [-0.2, -0.15) is 0 Å². The minimum atomic E-state index is 0.185. The van der Waals surface area contributed by atoms with Crippen molar-refractivity contribution in [3.8, 4) is 0 Å². The molecule has 2 rings (SSSR count). The fourth-order valence-electron chi connectivity index (χ4n) is 2.75. The van der Waals surface area contributed by atoms with Crippen molar-refractivity contribution in [2.45, 2.75) is 32.2 Å². The van der Waals surface area contributed by atoms with Crippen LogP contribution in [-0.4, -0.2) is 37.0 Å². The zero-order valence-electron chi connectivity index (χ0n) is 11.9. The van der Waals surface area contributed by atoms with Crippen molar-refractivity contribution in [2.24, 2.45) is 5.92 Å². The molecule has 0 bridgehead atoms. The third-order valence-corrected chi connectivity index (χ3v) is 3.94. The Labute approximate surface area is 116 Å². The maximum Gasteiger partial charge on any atom is 0.220 e. The van der Waals surface area contributed by atoms with E-state index < -0.39 is 0 Å². The SMILES string of the molecule is CC1CN(C)CCC1NC(=O)CCc1ccccc1. The number of hydrogen-bond acceptors (Lipinski definition) is 2. The van der Waals surface area contributed by atoms with Crippen LogP contribution in [0.25, 0.3) is 0 Å². The number of amides is 1. The van der Waals surface area contributed by atoms with Gasteiger partial charge in [0.05, 0.1) is 0 Å². The maximum atomic E-state index is 12.0. The molecule has 0 radical (unpaired) electrons. The number of hydrogen-bond donors (Lipinski definition) is 1. The van der Waals surface area contributed by atoms with Gasteiger partial charge in [0.2, 0.25) is 5.91 Å². The van der Waals surface area contributed by atoms with Gasteiger partial charge in [-0.3, -0.25) is 4.79 Å². The summed E-state index contributed by atoms with van der Waals surface area (Å²) in [6.45, 7) is 4.37. The molecule has 1 amide bonds. The van der Waals surface area contributed by atoms with E-state index in [0.29, 0.717) is 18.4 Å². The Morgan fingerprint density at radius 2 is 2.11 bits per heavy atom. The molecule has 0 spiro atoms. The Morgan fingerprint density at radius 3 is 2.79 bits per heavy atom. The highest BCUT2D eigenvalue weighted by Gasteiger charge is 2.25. The highest BCUT2D eigenvalue weighted by molar-refractivity contribution is 5.76. The standard InChI is InChI=1S/C16H24N2O/c1-13-12-18(2)11-10-15(13)17-16(19)9-8-14-6-4-3-5-7-14/h3-7,13,15H,8-12H2,1-2H3,(H,17,19). The summed E-state index contributed by atoms with van der Waals surface area (Å²) in [7, 11) is 2.14. The van der Waals surface area contributed by atoms with E-state index in [1.165, 1.54) is 5.56 Å². The molecule has 104 valence electrons. The Hall–Kier alpha value is -1.35. The molecule has 1 aliphatic heterocycles. The molecule has 1 saturated heterocycles. The van der Waals surface area contributed by atoms with Crippen LogP contribution in [0.2, 0.25) is 0 Å². The van der Waals surface area contributed by atoms with E-state index in [-0.39, 0.29) is 5.91 Å². The average molecular weight is 260 g/mol. The molecular formula is C16H24N2O. The van der Waals surface area contributed by atoms with Crippen LogP contribution >= 0.6 is 0 Å². The predicted molar refractivity (Wildman–Crippen MR) is 78.0 cm³/mol. The zero-order valence-corrected chi connectivity index (χ0v) is 11.9. The third-order valence-electron chi connectivity index (χ3n) is 3.94. The van der Waals surface area contributed by atoms with Crippen molar-refractivity contribution in [2.75, 3.05) is 20.1 Å². The highest BCUT2D eigenvalue weighted by atomic mass is 16.1. The third kappa shape index (κ3) is 4.35. The second-order valence-electron chi connectivity index (χ2n) is 5.69. The van der Waals surface area contributed by atoms with Crippen molar-refractivity contribution in [3.05, 3.63) is 35.9 Å². The number of carbonyl (C=O) groups is 1. The van der Waals surface area contributed by atoms with Gasteiger partial charge in [0.15, 0.2) is 0 Å². The molecule has 3 nitrogen and oxygen atoms in total. The lowest BCUT2D eigenvalue weighted by atomic mass is 9.94. The molecule has 19 heavy (non-hydrogen) atoms. The molecule has 1 aliphatic rings. The van der Waals surface area contributed by atoms with E-state index in [0.717, 1.165) is 25.9 Å². The molecule has 2 atom stereocenters. The summed E-state index contributed by atoms with van der Waals surface area (Å²) in [5.41, 5.74) is 1.23. The lowest BCUT2D eigenvalue weighted by Crippen LogP contribution is -2.48. The summed E-state index contributed by atoms with van der Waals surface area (Å²) in [4.78, 5) is 14.3. The van der Waals surface area contributed by atoms with E-state index in [1.807, 2.05) is 18.2 Å². The number of rotatable bonds is 4. The van der Waals surface area contributed by atoms with E-state index in [9.17, 15) is 4.79 Å². The van der Waals surface area contributed by atoms with Crippen LogP contribution in [-0.2, 0) is 11.2 Å². The lowest BCUT2D eigenvalue weighted by molar-refractivity contribution is -0.122. The Morgan fingerprint density at radius 1 is 1.37 bits per heavy atom. The quantitative estimate of drug-likeness (QED) is 0.899. The fraction of sp³-hybridized carbons (Fsp3) is 0.562. The molecule has 0 saturated carbocycles. The minimum absolute atomic E-state index is 0.185. The van der Waals surface area contributed by atoms with E-state index in [1.54, 1.807) is 0 Å². The number of carbonyl (C=O) groups excluding carboxylic acids is 1. The summed E-state index contributed by atoms with van der Waals surface area (Å²) in [5, 5.41) is 3.19. The molecule has 0 aromatic heterocycles. The van der Waals surface area contributed by atoms with Crippen molar-refractivity contribution in [1.29, 1.82) is 0 Å². The highest BCUT2D eigenvalue weighted by Crippen LogP contribution is 2.15. The van der Waals surface area contributed by atoms with Crippen LogP contribution in [0.4, 0.5) is 0 Å². The van der Waals surface area contributed by atoms with Gasteiger partial charge in [0, 0.05) is 19.0 Å². The van der Waals surface area contributed by atoms with E-state index in [4.69, 9.17) is 0 Å². The molecule has 1 aromatic rings. The maximum absolute atomic E-state index is 12.0. The first-order valence-electron chi connectivity index (χ1n) is 7.17. The molecule has 3 heteroatoms. The lowest BCUT2D eigenvalue weighted by Gasteiger charge is -2.35. The zero-order chi connectivity index (χ0) is 13.7. The molecule has 1 N–H and O–H groups in total. The number of benzene rings is 1. The number of aryl methyl sites for hydroxylation is 1. The van der Waals surface area contributed by atoms with Crippen molar-refractivity contribution in [1.82, 2.24) is 10.2 Å². The number of likely N-dealkylation sites (tertiary alicyclic amines) is 1. The minimum Gasteiger partial charge on any atom is -0.353 e. The summed E-state index contributed by atoms with van der Waals surface area (Å²) in [5.74, 6) is 0.727. The number of nitrogens with one attached hydrogen (secondary N) is 1. The van der Waals surface area contributed by atoms with Crippen LogP contribution in [0, 0.1) is 5.92 Å². The van der Waals surface area contributed by atoms with Crippen LogP contribution < -0.4 is 5.32 Å². The molecular weight excluding hydrogens is 236 g/mol. The number of nitrogens with zero attached hydrogens (tertiary/aromatic N) is 1. The smallest absolute Gasteiger partial charge is 0.220 e. The summed E-state index contributed by atoms with van der Waals surface area (Å²) in [6.07, 6.45) is 2.48. The van der Waals surface area contributed by atoms with Crippen LogP contribution in [0.15, 0.2) is 30.3 Å². The normalized spacial score (nSPS) is 24.1. The Balaban J connectivity index is 1.75. The summed E-state index contributed by atoms with van der Waals surface area (Å²) in [6, 6.07) is 10.5. The summed E-state index contributed by atoms with van der Waals surface area (Å²) >= 11 is 0. The average Bonchev–Trinajstić information content (AvgIpc) is 2.41. The molecule has 1 fully saturated rings. The second kappa shape index (κ2) is 6.71.